The Labute approximate surface area is 118 Å². The van der Waals surface area contributed by atoms with Crippen LogP contribution in [0.2, 0.25) is 0 Å². The predicted octanol–water partition coefficient (Wildman–Crippen LogP) is 1.31. The monoisotopic (exact) mass is 277 g/mol. The van der Waals surface area contributed by atoms with Crippen LogP contribution in [-0.4, -0.2) is 43.5 Å². The zero-order valence-corrected chi connectivity index (χ0v) is 11.4. The Morgan fingerprint density at radius 2 is 2.10 bits per heavy atom. The number of nitrogens with zero attached hydrogens (tertiary/aromatic N) is 1. The van der Waals surface area contributed by atoms with Crippen LogP contribution in [0.15, 0.2) is 24.3 Å². The molecule has 2 saturated heterocycles. The lowest BCUT2D eigenvalue weighted by Crippen LogP contribution is -2.29. The zero-order chi connectivity index (χ0) is 13.9. The molecule has 2 aliphatic heterocycles. The molecule has 108 valence electrons. The van der Waals surface area contributed by atoms with Gasteiger partial charge in [0.15, 0.2) is 0 Å². The third kappa shape index (κ3) is 3.16. The summed E-state index contributed by atoms with van der Waals surface area (Å²) in [5, 5.41) is 6.15. The van der Waals surface area contributed by atoms with Crippen molar-refractivity contribution in [1.82, 2.24) is 10.2 Å². The SMILES string of the molecule is O=C(CCN1C[C@H]2CNC[C@H]2C1)Nc1cccc(F)c1. The highest BCUT2D eigenvalue weighted by molar-refractivity contribution is 5.90. The fourth-order valence-corrected chi connectivity index (χ4v) is 3.18. The van der Waals surface area contributed by atoms with E-state index in [4.69, 9.17) is 0 Å². The molecule has 4 nitrogen and oxygen atoms in total. The number of amides is 1. The second-order valence-electron chi connectivity index (χ2n) is 5.75. The molecule has 2 N–H and O–H groups in total. The quantitative estimate of drug-likeness (QED) is 0.872. The van der Waals surface area contributed by atoms with Crippen molar-refractivity contribution in [2.45, 2.75) is 6.42 Å². The Bertz CT molecular complexity index is 482. The highest BCUT2D eigenvalue weighted by atomic mass is 19.1. The Morgan fingerprint density at radius 3 is 2.80 bits per heavy atom. The van der Waals surface area contributed by atoms with Crippen molar-refractivity contribution < 1.29 is 9.18 Å². The summed E-state index contributed by atoms with van der Waals surface area (Å²) < 4.78 is 13.0. The van der Waals surface area contributed by atoms with Crippen molar-refractivity contribution in [3.8, 4) is 0 Å². The van der Waals surface area contributed by atoms with Gasteiger partial charge >= 0.3 is 0 Å². The van der Waals surface area contributed by atoms with Gasteiger partial charge in [-0.2, -0.15) is 0 Å². The van der Waals surface area contributed by atoms with Crippen LogP contribution < -0.4 is 10.6 Å². The van der Waals surface area contributed by atoms with Gasteiger partial charge in [0.2, 0.25) is 5.91 Å². The summed E-state index contributed by atoms with van der Waals surface area (Å²) in [7, 11) is 0. The number of carbonyl (C=O) groups excluding carboxylic acids is 1. The molecule has 1 aromatic carbocycles. The van der Waals surface area contributed by atoms with Crippen molar-refractivity contribution in [2.24, 2.45) is 11.8 Å². The van der Waals surface area contributed by atoms with Crippen molar-refractivity contribution in [1.29, 1.82) is 0 Å². The first kappa shape index (κ1) is 13.5. The van der Waals surface area contributed by atoms with Gasteiger partial charge in [0.25, 0.3) is 0 Å². The minimum atomic E-state index is -0.331. The summed E-state index contributed by atoms with van der Waals surface area (Å²) in [6.45, 7) is 5.18. The standard InChI is InChI=1S/C15H20FN3O/c16-13-2-1-3-14(6-13)18-15(20)4-5-19-9-11-7-17-8-12(11)10-19/h1-3,6,11-12,17H,4-5,7-10H2,(H,18,20)/t11-,12+. The topological polar surface area (TPSA) is 44.4 Å². The predicted molar refractivity (Wildman–Crippen MR) is 75.9 cm³/mol. The van der Waals surface area contributed by atoms with Gasteiger partial charge in [-0.3, -0.25) is 4.79 Å². The number of carbonyl (C=O) groups is 1. The van der Waals surface area contributed by atoms with Gasteiger partial charge in [0, 0.05) is 31.7 Å². The summed E-state index contributed by atoms with van der Waals surface area (Å²) >= 11 is 0. The third-order valence-electron chi connectivity index (χ3n) is 4.23. The van der Waals surface area contributed by atoms with Gasteiger partial charge in [-0.15, -0.1) is 0 Å². The van der Waals surface area contributed by atoms with Crippen molar-refractivity contribution in [3.05, 3.63) is 30.1 Å². The Morgan fingerprint density at radius 1 is 1.35 bits per heavy atom. The molecule has 3 rings (SSSR count). The lowest BCUT2D eigenvalue weighted by Gasteiger charge is -2.16. The van der Waals surface area contributed by atoms with Gasteiger partial charge in [-0.25, -0.2) is 4.39 Å². The molecular formula is C15H20FN3O. The van der Waals surface area contributed by atoms with Gasteiger partial charge in [0.05, 0.1) is 0 Å². The third-order valence-corrected chi connectivity index (χ3v) is 4.23. The summed E-state index contributed by atoms with van der Waals surface area (Å²) in [6, 6.07) is 6.00. The summed E-state index contributed by atoms with van der Waals surface area (Å²) in [4.78, 5) is 14.2. The number of benzene rings is 1. The molecule has 0 unspecified atom stereocenters. The van der Waals surface area contributed by atoms with E-state index in [9.17, 15) is 9.18 Å². The van der Waals surface area contributed by atoms with Crippen molar-refractivity contribution in [2.75, 3.05) is 38.0 Å². The molecule has 0 aromatic heterocycles. The molecule has 0 spiro atoms. The second-order valence-corrected chi connectivity index (χ2v) is 5.75. The lowest BCUT2D eigenvalue weighted by molar-refractivity contribution is -0.116. The lowest BCUT2D eigenvalue weighted by atomic mass is 10.0. The number of nitrogens with one attached hydrogen (secondary N) is 2. The molecule has 5 heteroatoms. The highest BCUT2D eigenvalue weighted by Crippen LogP contribution is 2.26. The van der Waals surface area contributed by atoms with Crippen LogP contribution in [0, 0.1) is 17.7 Å². The Kier molecular flexibility index (Phi) is 3.98. The van der Waals surface area contributed by atoms with E-state index in [-0.39, 0.29) is 11.7 Å². The molecule has 0 bridgehead atoms. The molecule has 2 fully saturated rings. The van der Waals surface area contributed by atoms with Crippen LogP contribution in [0.5, 0.6) is 0 Å². The van der Waals surface area contributed by atoms with Crippen LogP contribution in [0.1, 0.15) is 6.42 Å². The second kappa shape index (κ2) is 5.89. The Hall–Kier alpha value is -1.46. The highest BCUT2D eigenvalue weighted by Gasteiger charge is 2.35. The number of rotatable bonds is 4. The molecule has 20 heavy (non-hydrogen) atoms. The molecule has 0 aliphatic carbocycles. The zero-order valence-electron chi connectivity index (χ0n) is 11.4. The summed E-state index contributed by atoms with van der Waals surface area (Å²) in [5.41, 5.74) is 0.525. The van der Waals surface area contributed by atoms with Crippen LogP contribution in [0.25, 0.3) is 0 Å². The van der Waals surface area contributed by atoms with E-state index in [0.717, 1.165) is 44.6 Å². The average molecular weight is 277 g/mol. The first-order valence-corrected chi connectivity index (χ1v) is 7.19. The number of hydrogen-bond donors (Lipinski definition) is 2. The van der Waals surface area contributed by atoms with E-state index < -0.39 is 0 Å². The van der Waals surface area contributed by atoms with Gasteiger partial charge in [0.1, 0.15) is 5.82 Å². The fourth-order valence-electron chi connectivity index (χ4n) is 3.18. The first-order chi connectivity index (χ1) is 9.70. The Balaban J connectivity index is 1.43. The van der Waals surface area contributed by atoms with E-state index in [1.165, 1.54) is 12.1 Å². The molecule has 2 heterocycles. The number of hydrogen-bond acceptors (Lipinski definition) is 3. The van der Waals surface area contributed by atoms with Crippen LogP contribution >= 0.6 is 0 Å². The normalized spacial score (nSPS) is 25.6. The smallest absolute Gasteiger partial charge is 0.225 e. The average Bonchev–Trinajstić information content (AvgIpc) is 2.97. The van der Waals surface area contributed by atoms with E-state index in [2.05, 4.69) is 15.5 Å². The molecule has 1 amide bonds. The maximum Gasteiger partial charge on any atom is 0.225 e. The molecule has 2 atom stereocenters. The van der Waals surface area contributed by atoms with E-state index in [0.29, 0.717) is 12.1 Å². The van der Waals surface area contributed by atoms with E-state index in [1.54, 1.807) is 12.1 Å². The minimum Gasteiger partial charge on any atom is -0.326 e. The fraction of sp³-hybridized carbons (Fsp3) is 0.533. The molecular weight excluding hydrogens is 257 g/mol. The molecule has 0 saturated carbocycles. The minimum absolute atomic E-state index is 0.0502. The van der Waals surface area contributed by atoms with E-state index >= 15 is 0 Å². The van der Waals surface area contributed by atoms with Crippen LogP contribution in [0.3, 0.4) is 0 Å². The van der Waals surface area contributed by atoms with Gasteiger partial charge in [-0.1, -0.05) is 6.07 Å². The molecule has 1 aromatic rings. The molecule has 2 aliphatic rings. The van der Waals surface area contributed by atoms with Crippen molar-refractivity contribution in [3.63, 3.8) is 0 Å². The van der Waals surface area contributed by atoms with Crippen LogP contribution in [-0.2, 0) is 4.79 Å². The summed E-state index contributed by atoms with van der Waals surface area (Å²) in [6.07, 6.45) is 0.462. The van der Waals surface area contributed by atoms with Gasteiger partial charge in [-0.05, 0) is 43.1 Å². The largest absolute Gasteiger partial charge is 0.326 e. The maximum absolute atomic E-state index is 13.0. The number of halogens is 1. The van der Waals surface area contributed by atoms with Crippen molar-refractivity contribution >= 4 is 11.6 Å². The van der Waals surface area contributed by atoms with Crippen LogP contribution in [0.4, 0.5) is 10.1 Å². The van der Waals surface area contributed by atoms with Gasteiger partial charge < -0.3 is 15.5 Å². The molecule has 0 radical (unpaired) electrons. The first-order valence-electron chi connectivity index (χ1n) is 7.19. The van der Waals surface area contributed by atoms with E-state index in [1.807, 2.05) is 0 Å². The number of fused-ring (bicyclic) bond motifs is 1. The number of likely N-dealkylation sites (tertiary alicyclic amines) is 1. The maximum atomic E-state index is 13.0. The summed E-state index contributed by atoms with van der Waals surface area (Å²) in [5.74, 6) is 1.12. The number of anilines is 1.